The van der Waals surface area contributed by atoms with Gasteiger partial charge in [-0.25, -0.2) is 13.7 Å². The molecule has 8 fully saturated rings. The zero-order valence-electron chi connectivity index (χ0n) is 63.7. The van der Waals surface area contributed by atoms with Crippen molar-refractivity contribution in [3.05, 3.63) is 269 Å². The Bertz CT molecular complexity index is 5150. The van der Waals surface area contributed by atoms with E-state index in [0.717, 1.165) is 53.3 Å². The Labute approximate surface area is 616 Å². The molecule has 522 valence electrons. The van der Waals surface area contributed by atoms with Crippen LogP contribution in [0, 0.1) is 56.3 Å². The normalized spacial score (nSPS) is 21.6. The molecule has 0 spiro atoms. The van der Waals surface area contributed by atoms with Gasteiger partial charge in [0.1, 0.15) is 21.1 Å². The zero-order valence-corrected chi connectivity index (χ0v) is 63.7. The Hall–Kier alpha value is -8.79. The highest BCUT2D eigenvalue weighted by atomic mass is 14.9. The molecule has 0 saturated heterocycles. The van der Waals surface area contributed by atoms with Crippen LogP contribution in [0.5, 0.6) is 0 Å². The van der Waals surface area contributed by atoms with Crippen LogP contribution in [0.2, 0.25) is 0 Å². The fourth-order valence-electron chi connectivity index (χ4n) is 20.4. The van der Waals surface area contributed by atoms with Crippen molar-refractivity contribution in [1.82, 2.24) is 0 Å². The summed E-state index contributed by atoms with van der Waals surface area (Å²) >= 11 is 0. The predicted octanol–water partition coefficient (Wildman–Crippen LogP) is 25.4. The molecule has 0 amide bonds. The Morgan fingerprint density at radius 3 is 0.961 bits per heavy atom. The van der Waals surface area contributed by atoms with Crippen molar-refractivity contribution < 1.29 is 13.7 Å². The third-order valence-electron chi connectivity index (χ3n) is 26.3. The van der Waals surface area contributed by atoms with Gasteiger partial charge in [0, 0.05) is 51.6 Å². The van der Waals surface area contributed by atoms with E-state index in [1.165, 1.54) is 216 Å². The van der Waals surface area contributed by atoms with Gasteiger partial charge in [-0.05, 0) is 291 Å². The number of rotatable bonds is 12. The average molecular weight is 1350 g/mol. The minimum absolute atomic E-state index is 0.460. The molecule has 4 unspecified atom stereocenters. The summed E-state index contributed by atoms with van der Waals surface area (Å²) in [7, 11) is 6.53. The number of hydrogen-bond acceptors (Lipinski definition) is 0. The highest BCUT2D eigenvalue weighted by molar-refractivity contribution is 5.92. The predicted molar refractivity (Wildman–Crippen MR) is 434 cm³/mol. The number of nitrogens with zero attached hydrogens (tertiary/aromatic N) is 3. The molecule has 6 bridgehead atoms. The van der Waals surface area contributed by atoms with E-state index in [0.29, 0.717) is 17.8 Å². The molecular formula is C100H110N3+3. The third-order valence-corrected chi connectivity index (χ3v) is 26.3. The van der Waals surface area contributed by atoms with Gasteiger partial charge in [-0.15, -0.1) is 0 Å². The van der Waals surface area contributed by atoms with Gasteiger partial charge in [0.25, 0.3) is 0 Å². The summed E-state index contributed by atoms with van der Waals surface area (Å²) in [5, 5.41) is 8.21. The van der Waals surface area contributed by atoms with Crippen LogP contribution >= 0.6 is 0 Å². The van der Waals surface area contributed by atoms with E-state index in [2.05, 4.69) is 316 Å². The fourth-order valence-corrected chi connectivity index (χ4v) is 20.4. The molecule has 8 aliphatic carbocycles. The summed E-state index contributed by atoms with van der Waals surface area (Å²) in [6.45, 7) is 20.4. The number of pyridine rings is 3. The largest absolute Gasteiger partial charge is 0.213 e. The first-order chi connectivity index (χ1) is 49.9. The summed E-state index contributed by atoms with van der Waals surface area (Å²) in [5.41, 5.74) is 28.6. The van der Waals surface area contributed by atoms with E-state index in [9.17, 15) is 0 Å². The lowest BCUT2D eigenvalue weighted by Gasteiger charge is -2.45. The third kappa shape index (κ3) is 13.8. The second kappa shape index (κ2) is 28.7. The van der Waals surface area contributed by atoms with Crippen molar-refractivity contribution in [3.63, 3.8) is 0 Å². The monoisotopic (exact) mass is 1350 g/mol. The van der Waals surface area contributed by atoms with E-state index >= 15 is 0 Å². The van der Waals surface area contributed by atoms with Crippen LogP contribution in [0.1, 0.15) is 211 Å². The Kier molecular flexibility index (Phi) is 19.1. The number of benzene rings is 9. The lowest BCUT2D eigenvalue weighted by Crippen LogP contribution is -2.32. The second-order valence-electron chi connectivity index (χ2n) is 34.1. The lowest BCUT2D eigenvalue weighted by atomic mass is 9.60. The molecular weight excluding hydrogens is 1240 g/mol. The lowest BCUT2D eigenvalue weighted by molar-refractivity contribution is -0.660. The number of hydrogen-bond donors (Lipinski definition) is 0. The molecule has 9 aromatic carbocycles. The maximum Gasteiger partial charge on any atom is 0.213 e. The van der Waals surface area contributed by atoms with Crippen molar-refractivity contribution in [3.8, 4) is 67.2 Å². The highest BCUT2D eigenvalue weighted by Crippen LogP contribution is 2.55. The maximum absolute atomic E-state index is 2.50. The molecule has 3 heterocycles. The van der Waals surface area contributed by atoms with Gasteiger partial charge in [0.15, 0.2) is 18.6 Å². The first kappa shape index (κ1) is 68.6. The van der Waals surface area contributed by atoms with E-state index in [1.807, 2.05) is 0 Å². The van der Waals surface area contributed by atoms with Gasteiger partial charge < -0.3 is 0 Å². The first-order valence-electron chi connectivity index (χ1n) is 39.8. The standard InChI is InChI=1S/C34H38N.2C33H36N/c1-22(2)33-21-35(4)34(30-8-6-5-7-23(30)3)20-32(33)29-16-14-26-18-28(15-13-27(26)19-29)31-17-24-9-11-25(31)12-10-24;1-21(2)32-20-34(4)33(29-8-6-5-7-22(29)3)19-31(32)28-14-12-24-17-27(13-11-25(24)18-28)30-16-23-9-10-26(30)15-23;1-21(2)32-20-34(4)33(30-8-6-5-7-22(30)3)19-31(32)28-12-11-25-17-27(10-9-26(25)18-28)29-15-23-13-24(14-23)16-29/h5-8,13-16,18-22,24-25,31H,9-12,17H2,1-4H3;5-8,11-14,17-21,23,26,30H,9-10,15-16H2,1-4H3;5-12,17-21,23-24,29H,13-16H2,1-4H3/q3*+1. The SMILES string of the molecule is Cc1ccccc1-c1cc(-c2ccc3cc(C4CC5CC(C5)C4)ccc3c2)c(C(C)C)c[n+]1C.Cc1ccccc1-c1cc(-c2ccc3cc(C4CC5CCC4C5)ccc3c2)c(C(C)C)c[n+]1C.Cc1ccccc1-c1cc(-c2ccc3cc(C4CC5CCC4CC5)ccc3c2)c(C(C)C)c[n+]1C. The van der Waals surface area contributed by atoms with Gasteiger partial charge >= 0.3 is 0 Å². The smallest absolute Gasteiger partial charge is 0.201 e. The maximum atomic E-state index is 2.50. The first-order valence-corrected chi connectivity index (χ1v) is 39.8. The number of aryl methyl sites for hydroxylation is 6. The molecule has 0 radical (unpaired) electrons. The zero-order chi connectivity index (χ0) is 70.9. The van der Waals surface area contributed by atoms with Crippen LogP contribution < -0.4 is 13.7 Å². The van der Waals surface area contributed by atoms with Crippen LogP contribution in [-0.2, 0) is 21.1 Å². The van der Waals surface area contributed by atoms with Gasteiger partial charge in [-0.2, -0.15) is 0 Å². The Balaban J connectivity index is 0.000000119. The summed E-state index contributed by atoms with van der Waals surface area (Å²) in [6.07, 6.45) is 25.8. The molecule has 3 heteroatoms. The van der Waals surface area contributed by atoms with Crippen molar-refractivity contribution in [2.24, 2.45) is 56.7 Å². The Morgan fingerprint density at radius 2 is 0.612 bits per heavy atom. The summed E-state index contributed by atoms with van der Waals surface area (Å²) in [4.78, 5) is 0. The van der Waals surface area contributed by atoms with Gasteiger partial charge in [0.05, 0.1) is 0 Å². The van der Waals surface area contributed by atoms with Gasteiger partial charge in [-0.3, -0.25) is 0 Å². The van der Waals surface area contributed by atoms with Crippen LogP contribution in [0.25, 0.3) is 99.5 Å². The minimum atomic E-state index is 0.460. The van der Waals surface area contributed by atoms with E-state index in [4.69, 9.17) is 0 Å². The van der Waals surface area contributed by atoms with Crippen molar-refractivity contribution >= 4 is 32.3 Å². The minimum Gasteiger partial charge on any atom is -0.201 e. The van der Waals surface area contributed by atoms with E-state index < -0.39 is 0 Å². The average Bonchev–Trinajstić information content (AvgIpc) is 1.23. The van der Waals surface area contributed by atoms with Crippen molar-refractivity contribution in [2.75, 3.05) is 0 Å². The number of fused-ring (bicyclic) bond motifs is 10. The highest BCUT2D eigenvalue weighted by Gasteiger charge is 2.41. The van der Waals surface area contributed by atoms with Crippen molar-refractivity contribution in [1.29, 1.82) is 0 Å². The van der Waals surface area contributed by atoms with Gasteiger partial charge in [0.2, 0.25) is 17.1 Å². The van der Waals surface area contributed by atoms with Crippen LogP contribution in [0.15, 0.2) is 219 Å². The topological polar surface area (TPSA) is 11.6 Å². The molecule has 8 saturated carbocycles. The van der Waals surface area contributed by atoms with Crippen LogP contribution in [0.4, 0.5) is 0 Å². The summed E-state index contributed by atoms with van der Waals surface area (Å²) in [6, 6.07) is 76.5. The molecule has 103 heavy (non-hydrogen) atoms. The summed E-state index contributed by atoms with van der Waals surface area (Å²) in [5.74, 6) is 9.54. The van der Waals surface area contributed by atoms with Crippen LogP contribution in [0.3, 0.4) is 0 Å². The van der Waals surface area contributed by atoms with E-state index in [-0.39, 0.29) is 0 Å². The number of aromatic nitrogens is 3. The molecule has 8 aliphatic rings. The van der Waals surface area contributed by atoms with Crippen LogP contribution in [-0.4, -0.2) is 0 Å². The quantitative estimate of drug-likeness (QED) is 0.108. The molecule has 0 aliphatic heterocycles. The molecule has 3 aromatic heterocycles. The molecule has 4 atom stereocenters. The molecule has 12 aromatic rings. The van der Waals surface area contributed by atoms with Gasteiger partial charge in [-0.1, -0.05) is 206 Å². The molecule has 20 rings (SSSR count). The Morgan fingerprint density at radius 1 is 0.282 bits per heavy atom. The van der Waals surface area contributed by atoms with E-state index in [1.54, 1.807) is 16.7 Å². The summed E-state index contributed by atoms with van der Waals surface area (Å²) < 4.78 is 6.89. The molecule has 0 N–H and O–H groups in total. The molecule has 3 nitrogen and oxygen atoms in total. The van der Waals surface area contributed by atoms with Crippen molar-refractivity contribution in [2.45, 2.75) is 181 Å². The fraction of sp³-hybridized carbons (Fsp3) is 0.370. The second-order valence-corrected chi connectivity index (χ2v) is 34.1.